The fourth-order valence-corrected chi connectivity index (χ4v) is 4.01. The van der Waals surface area contributed by atoms with E-state index in [1.165, 1.54) is 0 Å². The quantitative estimate of drug-likeness (QED) is 0.528. The number of hydrogen-bond acceptors (Lipinski definition) is 4. The molecular formula is C21H25Cl2N3O2. The van der Waals surface area contributed by atoms with Crippen molar-refractivity contribution in [2.75, 3.05) is 18.9 Å². The van der Waals surface area contributed by atoms with E-state index >= 15 is 0 Å². The molecular weight excluding hydrogens is 397 g/mol. The second kappa shape index (κ2) is 8.58. The van der Waals surface area contributed by atoms with Gasteiger partial charge in [-0.05, 0) is 49.9 Å². The molecule has 0 spiro atoms. The van der Waals surface area contributed by atoms with Crippen LogP contribution in [0.15, 0.2) is 12.1 Å². The molecule has 28 heavy (non-hydrogen) atoms. The second-order valence-corrected chi connectivity index (χ2v) is 7.94. The van der Waals surface area contributed by atoms with Crippen LogP contribution in [0, 0.1) is 13.8 Å². The van der Waals surface area contributed by atoms with Crippen LogP contribution < -0.4 is 10.5 Å². The SMILES string of the molecule is CCCCOc1nc(C)cc(C)c1CN1CCc2c(Cl)cc(N)c(Cl)c2C1=O. The van der Waals surface area contributed by atoms with Gasteiger partial charge in [0.25, 0.3) is 5.91 Å². The zero-order valence-corrected chi connectivity index (χ0v) is 18.0. The summed E-state index contributed by atoms with van der Waals surface area (Å²) < 4.78 is 5.93. The van der Waals surface area contributed by atoms with Crippen molar-refractivity contribution in [2.45, 2.75) is 46.6 Å². The van der Waals surface area contributed by atoms with Gasteiger partial charge in [0.05, 0.1) is 29.4 Å². The summed E-state index contributed by atoms with van der Waals surface area (Å²) in [6.07, 6.45) is 2.63. The number of fused-ring (bicyclic) bond motifs is 1. The Balaban J connectivity index is 1.92. The van der Waals surface area contributed by atoms with Crippen LogP contribution in [0.5, 0.6) is 5.88 Å². The third kappa shape index (κ3) is 4.06. The molecule has 3 rings (SSSR count). The first kappa shape index (κ1) is 20.7. The summed E-state index contributed by atoms with van der Waals surface area (Å²) in [7, 11) is 0. The molecule has 0 saturated carbocycles. The Morgan fingerprint density at radius 1 is 1.29 bits per heavy atom. The zero-order chi connectivity index (χ0) is 20.4. The number of anilines is 1. The van der Waals surface area contributed by atoms with Crippen LogP contribution in [-0.4, -0.2) is 28.9 Å². The number of hydrogen-bond donors (Lipinski definition) is 1. The van der Waals surface area contributed by atoms with Crippen LogP contribution in [0.4, 0.5) is 5.69 Å². The molecule has 0 fully saturated rings. The van der Waals surface area contributed by atoms with Crippen LogP contribution in [-0.2, 0) is 13.0 Å². The highest BCUT2D eigenvalue weighted by Gasteiger charge is 2.30. The van der Waals surface area contributed by atoms with Crippen LogP contribution in [0.25, 0.3) is 0 Å². The van der Waals surface area contributed by atoms with Gasteiger partial charge in [0.15, 0.2) is 0 Å². The maximum atomic E-state index is 13.2. The van der Waals surface area contributed by atoms with Gasteiger partial charge in [-0.25, -0.2) is 4.98 Å². The third-order valence-corrected chi connectivity index (χ3v) is 5.75. The summed E-state index contributed by atoms with van der Waals surface area (Å²) in [5.74, 6) is 0.432. The molecule has 5 nitrogen and oxygen atoms in total. The smallest absolute Gasteiger partial charge is 0.256 e. The molecule has 1 aromatic carbocycles. The second-order valence-electron chi connectivity index (χ2n) is 7.16. The van der Waals surface area contributed by atoms with E-state index in [4.69, 9.17) is 33.7 Å². The highest BCUT2D eigenvalue weighted by Crippen LogP contribution is 2.37. The predicted molar refractivity (Wildman–Crippen MR) is 113 cm³/mol. The van der Waals surface area contributed by atoms with E-state index < -0.39 is 0 Å². The van der Waals surface area contributed by atoms with Gasteiger partial charge in [-0.1, -0.05) is 36.5 Å². The molecule has 0 saturated heterocycles. The Morgan fingerprint density at radius 2 is 2.04 bits per heavy atom. The number of carbonyl (C=O) groups is 1. The maximum Gasteiger partial charge on any atom is 0.256 e. The number of nitrogens with two attached hydrogens (primary N) is 1. The van der Waals surface area contributed by atoms with E-state index in [0.29, 0.717) is 48.3 Å². The van der Waals surface area contributed by atoms with E-state index in [0.717, 1.165) is 35.2 Å². The number of ether oxygens (including phenoxy) is 1. The van der Waals surface area contributed by atoms with E-state index in [-0.39, 0.29) is 10.9 Å². The molecule has 0 radical (unpaired) electrons. The third-order valence-electron chi connectivity index (χ3n) is 5.00. The minimum atomic E-state index is -0.167. The van der Waals surface area contributed by atoms with Crippen LogP contribution in [0.3, 0.4) is 0 Å². The largest absolute Gasteiger partial charge is 0.477 e. The number of carbonyl (C=O) groups excluding carboxylic acids is 1. The molecule has 0 atom stereocenters. The molecule has 1 aromatic heterocycles. The summed E-state index contributed by atoms with van der Waals surface area (Å²) in [5, 5.41) is 0.758. The first-order valence-electron chi connectivity index (χ1n) is 9.49. The van der Waals surface area contributed by atoms with Gasteiger partial charge < -0.3 is 15.4 Å². The molecule has 1 aliphatic rings. The summed E-state index contributed by atoms with van der Waals surface area (Å²) >= 11 is 12.6. The summed E-state index contributed by atoms with van der Waals surface area (Å²) in [6, 6.07) is 3.62. The van der Waals surface area contributed by atoms with Gasteiger partial charge in [-0.2, -0.15) is 0 Å². The van der Waals surface area contributed by atoms with Crippen molar-refractivity contribution in [1.29, 1.82) is 0 Å². The number of nitrogens with zero attached hydrogens (tertiary/aromatic N) is 2. The number of aromatic nitrogens is 1. The number of pyridine rings is 1. The Labute approximate surface area is 175 Å². The van der Waals surface area contributed by atoms with Crippen molar-refractivity contribution < 1.29 is 9.53 Å². The average Bonchev–Trinajstić information content (AvgIpc) is 2.63. The molecule has 0 bridgehead atoms. The van der Waals surface area contributed by atoms with Crippen molar-refractivity contribution >= 4 is 34.8 Å². The maximum absolute atomic E-state index is 13.2. The lowest BCUT2D eigenvalue weighted by Crippen LogP contribution is -2.38. The van der Waals surface area contributed by atoms with Crippen LogP contribution >= 0.6 is 23.2 Å². The number of rotatable bonds is 6. The van der Waals surface area contributed by atoms with Gasteiger partial charge >= 0.3 is 0 Å². The van der Waals surface area contributed by atoms with Crippen LogP contribution in [0.1, 0.15) is 52.5 Å². The first-order valence-corrected chi connectivity index (χ1v) is 10.2. The number of benzene rings is 1. The summed E-state index contributed by atoms with van der Waals surface area (Å²) in [6.45, 7) is 7.63. The Hall–Kier alpha value is -1.98. The lowest BCUT2D eigenvalue weighted by atomic mass is 9.97. The predicted octanol–water partition coefficient (Wildman–Crippen LogP) is 4.96. The summed E-state index contributed by atoms with van der Waals surface area (Å²) in [5.41, 5.74) is 10.3. The Kier molecular flexibility index (Phi) is 6.36. The fourth-order valence-electron chi connectivity index (χ4n) is 3.45. The van der Waals surface area contributed by atoms with Gasteiger partial charge in [-0.3, -0.25) is 4.79 Å². The molecule has 0 unspecified atom stereocenters. The van der Waals surface area contributed by atoms with E-state index in [1.54, 1.807) is 11.0 Å². The van der Waals surface area contributed by atoms with Gasteiger partial charge in [0.2, 0.25) is 5.88 Å². The number of unbranched alkanes of at least 4 members (excludes halogenated alkanes) is 1. The minimum absolute atomic E-state index is 0.167. The fraction of sp³-hybridized carbons (Fsp3) is 0.429. The van der Waals surface area contributed by atoms with Gasteiger partial charge in [0.1, 0.15) is 0 Å². The molecule has 0 aliphatic carbocycles. The summed E-state index contributed by atoms with van der Waals surface area (Å²) in [4.78, 5) is 19.5. The van der Waals surface area contributed by atoms with Crippen LogP contribution in [0.2, 0.25) is 10.0 Å². The highest BCUT2D eigenvalue weighted by molar-refractivity contribution is 6.39. The molecule has 1 amide bonds. The standard InChI is InChI=1S/C21H25Cl2N3O2/c1-4-5-8-28-20-15(12(2)9-13(3)25-20)11-26-7-6-14-16(22)10-17(24)19(23)18(14)21(26)27/h9-10H,4-8,11,24H2,1-3H3. The average molecular weight is 422 g/mol. The molecule has 1 aliphatic heterocycles. The van der Waals surface area contributed by atoms with Crippen molar-refractivity contribution in [3.05, 3.63) is 50.1 Å². The topological polar surface area (TPSA) is 68.4 Å². The van der Waals surface area contributed by atoms with E-state index in [9.17, 15) is 4.79 Å². The Bertz CT molecular complexity index is 915. The molecule has 7 heteroatoms. The highest BCUT2D eigenvalue weighted by atomic mass is 35.5. The molecule has 2 N–H and O–H groups in total. The normalized spacial score (nSPS) is 13.6. The number of nitrogen functional groups attached to an aromatic ring is 1. The number of aryl methyl sites for hydroxylation is 2. The van der Waals surface area contributed by atoms with E-state index in [2.05, 4.69) is 11.9 Å². The van der Waals surface area contributed by atoms with Gasteiger partial charge in [-0.15, -0.1) is 0 Å². The molecule has 2 aromatic rings. The van der Waals surface area contributed by atoms with Crippen molar-refractivity contribution in [3.8, 4) is 5.88 Å². The first-order chi connectivity index (χ1) is 13.3. The Morgan fingerprint density at radius 3 is 2.75 bits per heavy atom. The lowest BCUT2D eigenvalue weighted by molar-refractivity contribution is 0.0725. The van der Waals surface area contributed by atoms with E-state index in [1.807, 2.05) is 19.9 Å². The van der Waals surface area contributed by atoms with Crippen molar-refractivity contribution in [3.63, 3.8) is 0 Å². The lowest BCUT2D eigenvalue weighted by Gasteiger charge is -2.31. The zero-order valence-electron chi connectivity index (χ0n) is 16.4. The van der Waals surface area contributed by atoms with Gasteiger partial charge in [0, 0.05) is 22.8 Å². The minimum Gasteiger partial charge on any atom is -0.477 e. The van der Waals surface area contributed by atoms with Crippen molar-refractivity contribution in [2.24, 2.45) is 0 Å². The molecule has 2 heterocycles. The molecule has 150 valence electrons. The van der Waals surface area contributed by atoms with Crippen molar-refractivity contribution in [1.82, 2.24) is 9.88 Å². The number of halogens is 2. The monoisotopic (exact) mass is 421 g/mol. The number of amides is 1.